The number of likely N-dealkylation sites (tertiary alicyclic amines) is 1. The van der Waals surface area contributed by atoms with E-state index in [0.29, 0.717) is 11.3 Å². The van der Waals surface area contributed by atoms with E-state index in [1.54, 1.807) is 6.20 Å². The Morgan fingerprint density at radius 1 is 1.60 bits per heavy atom. The molecule has 1 fully saturated rings. The van der Waals surface area contributed by atoms with Crippen molar-refractivity contribution in [1.29, 1.82) is 0 Å². The van der Waals surface area contributed by atoms with Gasteiger partial charge in [-0.2, -0.15) is 0 Å². The molecule has 1 aromatic rings. The zero-order valence-corrected chi connectivity index (χ0v) is 9.32. The smallest absolute Gasteiger partial charge is 0.222 e. The highest BCUT2D eigenvalue weighted by Crippen LogP contribution is 2.18. The van der Waals surface area contributed by atoms with Crippen molar-refractivity contribution in [2.75, 3.05) is 13.1 Å². The topological polar surface area (TPSA) is 55.0 Å². The van der Waals surface area contributed by atoms with Crippen LogP contribution in [0, 0.1) is 0 Å². The first-order valence-electron chi connectivity index (χ1n) is 5.21. The highest BCUT2D eigenvalue weighted by Gasteiger charge is 2.23. The average Bonchev–Trinajstić information content (AvgIpc) is 2.65. The first kappa shape index (κ1) is 10.8. The lowest BCUT2D eigenvalue weighted by Gasteiger charge is -2.22. The van der Waals surface area contributed by atoms with Crippen LogP contribution in [0.15, 0.2) is 12.3 Å². The van der Waals surface area contributed by atoms with Gasteiger partial charge in [-0.15, -0.1) is 0 Å². The number of aromatic nitrogens is 2. The van der Waals surface area contributed by atoms with Crippen molar-refractivity contribution in [2.45, 2.75) is 25.4 Å². The van der Waals surface area contributed by atoms with Crippen LogP contribution in [0.2, 0.25) is 5.28 Å². The van der Waals surface area contributed by atoms with Gasteiger partial charge < -0.3 is 5.73 Å². The summed E-state index contributed by atoms with van der Waals surface area (Å²) in [7, 11) is 0. The van der Waals surface area contributed by atoms with Gasteiger partial charge in [0.1, 0.15) is 0 Å². The van der Waals surface area contributed by atoms with Gasteiger partial charge in [-0.3, -0.25) is 4.90 Å². The van der Waals surface area contributed by atoms with Gasteiger partial charge in [0.25, 0.3) is 0 Å². The maximum atomic E-state index is 5.74. The standard InChI is InChI=1S/C10H15ClN4/c11-10-13-4-3-8(14-10)7-15-5-1-2-9(15)6-12/h3-4,9H,1-2,5-7,12H2/t9-/m1/s1. The summed E-state index contributed by atoms with van der Waals surface area (Å²) in [6.07, 6.45) is 4.11. The SMILES string of the molecule is NC[C@H]1CCCN1Cc1ccnc(Cl)n1. The number of halogens is 1. The van der Waals surface area contributed by atoms with Crippen molar-refractivity contribution < 1.29 is 0 Å². The first-order chi connectivity index (χ1) is 7.29. The zero-order valence-electron chi connectivity index (χ0n) is 8.56. The molecule has 2 heterocycles. The van der Waals surface area contributed by atoms with Gasteiger partial charge in [0, 0.05) is 25.3 Å². The van der Waals surface area contributed by atoms with Gasteiger partial charge in [-0.1, -0.05) is 0 Å². The molecule has 5 heteroatoms. The molecule has 4 nitrogen and oxygen atoms in total. The molecule has 82 valence electrons. The van der Waals surface area contributed by atoms with Crippen LogP contribution in [0.25, 0.3) is 0 Å². The minimum atomic E-state index is 0.316. The van der Waals surface area contributed by atoms with Crippen molar-refractivity contribution in [3.8, 4) is 0 Å². The largest absolute Gasteiger partial charge is 0.329 e. The summed E-state index contributed by atoms with van der Waals surface area (Å²) < 4.78 is 0. The van der Waals surface area contributed by atoms with Crippen LogP contribution in [0.3, 0.4) is 0 Å². The molecule has 2 rings (SSSR count). The lowest BCUT2D eigenvalue weighted by Crippen LogP contribution is -2.35. The van der Waals surface area contributed by atoms with Crippen LogP contribution in [0.5, 0.6) is 0 Å². The van der Waals surface area contributed by atoms with Gasteiger partial charge >= 0.3 is 0 Å². The van der Waals surface area contributed by atoms with Crippen molar-refractivity contribution in [3.63, 3.8) is 0 Å². The van der Waals surface area contributed by atoms with E-state index in [0.717, 1.165) is 25.3 Å². The van der Waals surface area contributed by atoms with Crippen molar-refractivity contribution in [1.82, 2.24) is 14.9 Å². The number of hydrogen-bond donors (Lipinski definition) is 1. The molecule has 0 radical (unpaired) electrons. The molecule has 1 aliphatic rings. The molecule has 0 bridgehead atoms. The molecule has 0 aliphatic carbocycles. The third kappa shape index (κ3) is 2.65. The van der Waals surface area contributed by atoms with Crippen LogP contribution < -0.4 is 5.73 Å². The monoisotopic (exact) mass is 226 g/mol. The summed E-state index contributed by atoms with van der Waals surface area (Å²) in [5.74, 6) is 0. The van der Waals surface area contributed by atoms with Crippen LogP contribution >= 0.6 is 11.6 Å². The Kier molecular flexibility index (Phi) is 3.51. The Morgan fingerprint density at radius 2 is 2.47 bits per heavy atom. The second-order valence-electron chi connectivity index (χ2n) is 3.82. The minimum absolute atomic E-state index is 0.316. The molecule has 1 aliphatic heterocycles. The Bertz CT molecular complexity index is 331. The second-order valence-corrected chi connectivity index (χ2v) is 4.16. The number of hydrogen-bond acceptors (Lipinski definition) is 4. The molecule has 2 N–H and O–H groups in total. The maximum Gasteiger partial charge on any atom is 0.222 e. The van der Waals surface area contributed by atoms with Gasteiger partial charge in [0.2, 0.25) is 5.28 Å². The van der Waals surface area contributed by atoms with Crippen molar-refractivity contribution >= 4 is 11.6 Å². The summed E-state index contributed by atoms with van der Waals surface area (Å²) in [4.78, 5) is 10.4. The lowest BCUT2D eigenvalue weighted by atomic mass is 10.2. The average molecular weight is 227 g/mol. The fraction of sp³-hybridized carbons (Fsp3) is 0.600. The molecule has 1 saturated heterocycles. The summed E-state index contributed by atoms with van der Waals surface area (Å²) in [6, 6.07) is 2.40. The van der Waals surface area contributed by atoms with E-state index in [4.69, 9.17) is 17.3 Å². The Labute approximate surface area is 94.5 Å². The van der Waals surface area contributed by atoms with Crippen LogP contribution in [-0.4, -0.2) is 34.0 Å². The number of nitrogens with zero attached hydrogens (tertiary/aromatic N) is 3. The Morgan fingerprint density at radius 3 is 3.20 bits per heavy atom. The van der Waals surface area contributed by atoms with E-state index < -0.39 is 0 Å². The Hall–Kier alpha value is -0.710. The molecule has 0 unspecified atom stereocenters. The van der Waals surface area contributed by atoms with Crippen LogP contribution in [0.1, 0.15) is 18.5 Å². The molecule has 0 spiro atoms. The van der Waals surface area contributed by atoms with Gasteiger partial charge in [0.15, 0.2) is 0 Å². The Balaban J connectivity index is 2.02. The van der Waals surface area contributed by atoms with Crippen LogP contribution in [-0.2, 0) is 6.54 Å². The highest BCUT2D eigenvalue weighted by molar-refractivity contribution is 6.28. The molecule has 15 heavy (non-hydrogen) atoms. The quantitative estimate of drug-likeness (QED) is 0.783. The highest BCUT2D eigenvalue weighted by atomic mass is 35.5. The normalized spacial score (nSPS) is 22.1. The third-order valence-corrected chi connectivity index (χ3v) is 3.00. The van der Waals surface area contributed by atoms with E-state index in [-0.39, 0.29) is 0 Å². The first-order valence-corrected chi connectivity index (χ1v) is 5.59. The summed E-state index contributed by atoms with van der Waals surface area (Å²) in [5.41, 5.74) is 6.68. The fourth-order valence-corrected chi connectivity index (χ4v) is 2.20. The molecule has 1 aromatic heterocycles. The molecule has 0 saturated carbocycles. The number of rotatable bonds is 3. The van der Waals surface area contributed by atoms with E-state index in [1.165, 1.54) is 12.8 Å². The molecule has 0 aromatic carbocycles. The zero-order chi connectivity index (χ0) is 10.7. The predicted molar refractivity (Wildman–Crippen MR) is 59.5 cm³/mol. The summed E-state index contributed by atoms with van der Waals surface area (Å²) in [6.45, 7) is 2.65. The van der Waals surface area contributed by atoms with Gasteiger partial charge in [-0.05, 0) is 37.1 Å². The van der Waals surface area contributed by atoms with Crippen molar-refractivity contribution in [3.05, 3.63) is 23.2 Å². The van der Waals surface area contributed by atoms with Gasteiger partial charge in [-0.25, -0.2) is 9.97 Å². The predicted octanol–water partition coefficient (Wildman–Crippen LogP) is 1.05. The second kappa shape index (κ2) is 4.88. The van der Waals surface area contributed by atoms with Gasteiger partial charge in [0.05, 0.1) is 5.69 Å². The fourth-order valence-electron chi connectivity index (χ4n) is 2.04. The van der Waals surface area contributed by atoms with Crippen LogP contribution in [0.4, 0.5) is 0 Å². The van der Waals surface area contributed by atoms with Crippen molar-refractivity contribution in [2.24, 2.45) is 5.73 Å². The molecular formula is C10H15ClN4. The maximum absolute atomic E-state index is 5.74. The molecular weight excluding hydrogens is 212 g/mol. The summed E-state index contributed by atoms with van der Waals surface area (Å²) >= 11 is 5.74. The van der Waals surface area contributed by atoms with E-state index in [1.807, 2.05) is 6.07 Å². The summed E-state index contributed by atoms with van der Waals surface area (Å²) in [5, 5.41) is 0.316. The number of nitrogens with two attached hydrogens (primary N) is 1. The molecule has 0 amide bonds. The minimum Gasteiger partial charge on any atom is -0.329 e. The van der Waals surface area contributed by atoms with E-state index >= 15 is 0 Å². The molecule has 1 atom stereocenters. The third-order valence-electron chi connectivity index (χ3n) is 2.82. The van der Waals surface area contributed by atoms with E-state index in [2.05, 4.69) is 14.9 Å². The van der Waals surface area contributed by atoms with E-state index in [9.17, 15) is 0 Å². The lowest BCUT2D eigenvalue weighted by molar-refractivity contribution is 0.247.